The van der Waals surface area contributed by atoms with Crippen LogP contribution in [0, 0.1) is 27.7 Å². The van der Waals surface area contributed by atoms with Crippen molar-refractivity contribution in [1.82, 2.24) is 9.97 Å². The standard InChI is InChI=1S/C32H34N4O2/c1-7-35(29-17-15-21(3)19-23(29)5)31(37)27-13-9-11-25(33-27)26-12-10-14-28(34-26)32(38)36(8-2)30-18-16-22(4)20-24(30)6/h9-20H,7-8H2,1-6H3. The lowest BCUT2D eigenvalue weighted by Crippen LogP contribution is -2.32. The van der Waals surface area contributed by atoms with Crippen molar-refractivity contribution < 1.29 is 9.59 Å². The van der Waals surface area contributed by atoms with Gasteiger partial charge in [-0.1, -0.05) is 47.5 Å². The molecule has 0 unspecified atom stereocenters. The number of nitrogens with zero attached hydrogens (tertiary/aromatic N) is 4. The largest absolute Gasteiger partial charge is 0.307 e. The zero-order valence-corrected chi connectivity index (χ0v) is 22.9. The van der Waals surface area contributed by atoms with Crippen molar-refractivity contribution in [3.8, 4) is 11.4 Å². The van der Waals surface area contributed by atoms with Crippen molar-refractivity contribution in [2.75, 3.05) is 22.9 Å². The quantitative estimate of drug-likeness (QED) is 0.279. The maximum Gasteiger partial charge on any atom is 0.276 e. The zero-order chi connectivity index (χ0) is 27.4. The summed E-state index contributed by atoms with van der Waals surface area (Å²) < 4.78 is 0. The second kappa shape index (κ2) is 11.4. The highest BCUT2D eigenvalue weighted by molar-refractivity contribution is 6.06. The normalized spacial score (nSPS) is 10.8. The predicted molar refractivity (Wildman–Crippen MR) is 154 cm³/mol. The van der Waals surface area contributed by atoms with Crippen molar-refractivity contribution in [2.24, 2.45) is 0 Å². The van der Waals surface area contributed by atoms with E-state index in [0.29, 0.717) is 35.9 Å². The third kappa shape index (κ3) is 5.49. The van der Waals surface area contributed by atoms with Crippen molar-refractivity contribution in [2.45, 2.75) is 41.5 Å². The number of amides is 2. The number of carbonyl (C=O) groups is 2. The zero-order valence-electron chi connectivity index (χ0n) is 22.9. The Bertz CT molecular complexity index is 1380. The van der Waals surface area contributed by atoms with Gasteiger partial charge in [0.1, 0.15) is 11.4 Å². The van der Waals surface area contributed by atoms with E-state index in [-0.39, 0.29) is 11.8 Å². The molecule has 0 spiro atoms. The first-order chi connectivity index (χ1) is 18.2. The van der Waals surface area contributed by atoms with Gasteiger partial charge in [-0.05, 0) is 89.1 Å². The molecule has 0 radical (unpaired) electrons. The summed E-state index contributed by atoms with van der Waals surface area (Å²) in [6, 6.07) is 22.7. The van der Waals surface area contributed by atoms with Crippen LogP contribution in [0.1, 0.15) is 57.1 Å². The summed E-state index contributed by atoms with van der Waals surface area (Å²) >= 11 is 0. The lowest BCUT2D eigenvalue weighted by atomic mass is 10.1. The summed E-state index contributed by atoms with van der Waals surface area (Å²) in [6.07, 6.45) is 0. The minimum atomic E-state index is -0.180. The molecule has 2 aromatic heterocycles. The summed E-state index contributed by atoms with van der Waals surface area (Å²) in [5.41, 5.74) is 7.83. The van der Waals surface area contributed by atoms with Crippen LogP contribution < -0.4 is 9.80 Å². The second-order valence-corrected chi connectivity index (χ2v) is 9.49. The van der Waals surface area contributed by atoms with E-state index in [1.165, 1.54) is 0 Å². The van der Waals surface area contributed by atoms with Crippen LogP contribution in [0.25, 0.3) is 11.4 Å². The summed E-state index contributed by atoms with van der Waals surface area (Å²) in [6.45, 7) is 13.0. The van der Waals surface area contributed by atoms with Gasteiger partial charge in [-0.2, -0.15) is 0 Å². The molecule has 0 atom stereocenters. The Morgan fingerprint density at radius 3 is 1.34 bits per heavy atom. The van der Waals surface area contributed by atoms with E-state index in [2.05, 4.69) is 22.1 Å². The van der Waals surface area contributed by atoms with Crippen LogP contribution >= 0.6 is 0 Å². The van der Waals surface area contributed by atoms with Crippen LogP contribution in [0.15, 0.2) is 72.8 Å². The molecule has 4 aromatic rings. The number of carbonyl (C=O) groups excluding carboxylic acids is 2. The Morgan fingerprint density at radius 1 is 0.605 bits per heavy atom. The Morgan fingerprint density at radius 2 is 1.00 bits per heavy atom. The first-order valence-electron chi connectivity index (χ1n) is 13.0. The third-order valence-electron chi connectivity index (χ3n) is 6.61. The SMILES string of the molecule is CCN(C(=O)c1cccc(-c2cccc(C(=O)N(CC)c3ccc(C)cc3C)n2)n1)c1ccc(C)cc1C. The summed E-state index contributed by atoms with van der Waals surface area (Å²) in [7, 11) is 0. The van der Waals surface area contributed by atoms with E-state index >= 15 is 0 Å². The van der Waals surface area contributed by atoms with Crippen LogP contribution in [0.2, 0.25) is 0 Å². The third-order valence-corrected chi connectivity index (χ3v) is 6.61. The van der Waals surface area contributed by atoms with Crippen molar-refractivity contribution in [3.63, 3.8) is 0 Å². The molecule has 0 aliphatic rings. The molecule has 0 bridgehead atoms. The Labute approximate surface area is 225 Å². The van der Waals surface area contributed by atoms with Crippen LogP contribution in [0.3, 0.4) is 0 Å². The highest BCUT2D eigenvalue weighted by atomic mass is 16.2. The van der Waals surface area contributed by atoms with Gasteiger partial charge < -0.3 is 9.80 Å². The van der Waals surface area contributed by atoms with Crippen molar-refractivity contribution in [3.05, 3.63) is 106 Å². The molecule has 194 valence electrons. The molecule has 0 N–H and O–H groups in total. The molecular weight excluding hydrogens is 472 g/mol. The first kappa shape index (κ1) is 26.7. The number of aromatic nitrogens is 2. The fourth-order valence-electron chi connectivity index (χ4n) is 4.73. The Balaban J connectivity index is 1.64. The smallest absolute Gasteiger partial charge is 0.276 e. The molecule has 0 fully saturated rings. The van der Waals surface area contributed by atoms with Gasteiger partial charge in [0.05, 0.1) is 11.4 Å². The molecular formula is C32H34N4O2. The molecule has 2 amide bonds. The van der Waals surface area contributed by atoms with Gasteiger partial charge >= 0.3 is 0 Å². The van der Waals surface area contributed by atoms with Crippen LogP contribution in [-0.2, 0) is 0 Å². The number of rotatable bonds is 7. The Kier molecular flexibility index (Phi) is 8.01. The molecule has 2 heterocycles. The molecule has 0 aliphatic heterocycles. The lowest BCUT2D eigenvalue weighted by Gasteiger charge is -2.23. The molecule has 4 rings (SSSR count). The van der Waals surface area contributed by atoms with E-state index in [1.807, 2.05) is 77.9 Å². The van der Waals surface area contributed by atoms with E-state index in [0.717, 1.165) is 33.6 Å². The fourth-order valence-corrected chi connectivity index (χ4v) is 4.73. The minimum absolute atomic E-state index is 0.180. The average Bonchev–Trinajstić information content (AvgIpc) is 2.91. The van der Waals surface area contributed by atoms with Crippen LogP contribution in [-0.4, -0.2) is 34.9 Å². The minimum Gasteiger partial charge on any atom is -0.307 e. The highest BCUT2D eigenvalue weighted by Gasteiger charge is 2.22. The fraction of sp³-hybridized carbons (Fsp3) is 0.250. The van der Waals surface area contributed by atoms with E-state index in [4.69, 9.17) is 0 Å². The molecule has 6 heteroatoms. The summed E-state index contributed by atoms with van der Waals surface area (Å²) in [5, 5.41) is 0. The van der Waals surface area contributed by atoms with Gasteiger partial charge in [-0.25, -0.2) is 9.97 Å². The average molecular weight is 507 g/mol. The van der Waals surface area contributed by atoms with Gasteiger partial charge in [-0.3, -0.25) is 9.59 Å². The van der Waals surface area contributed by atoms with Crippen LogP contribution in [0.5, 0.6) is 0 Å². The van der Waals surface area contributed by atoms with Gasteiger partial charge in [-0.15, -0.1) is 0 Å². The number of hydrogen-bond donors (Lipinski definition) is 0. The highest BCUT2D eigenvalue weighted by Crippen LogP contribution is 2.25. The summed E-state index contributed by atoms with van der Waals surface area (Å²) in [5.74, 6) is -0.360. The number of benzene rings is 2. The molecule has 38 heavy (non-hydrogen) atoms. The van der Waals surface area contributed by atoms with E-state index in [1.54, 1.807) is 34.1 Å². The monoisotopic (exact) mass is 506 g/mol. The lowest BCUT2D eigenvalue weighted by molar-refractivity contribution is 0.0975. The second-order valence-electron chi connectivity index (χ2n) is 9.49. The summed E-state index contributed by atoms with van der Waals surface area (Å²) in [4.78, 5) is 39.8. The topological polar surface area (TPSA) is 66.4 Å². The Hall–Kier alpha value is -4.32. The van der Waals surface area contributed by atoms with Gasteiger partial charge in [0.2, 0.25) is 0 Å². The molecule has 0 saturated carbocycles. The molecule has 6 nitrogen and oxygen atoms in total. The molecule has 0 aliphatic carbocycles. The first-order valence-corrected chi connectivity index (χ1v) is 13.0. The number of pyridine rings is 2. The maximum absolute atomic E-state index is 13.5. The number of hydrogen-bond acceptors (Lipinski definition) is 4. The van der Waals surface area contributed by atoms with Gasteiger partial charge in [0.25, 0.3) is 11.8 Å². The van der Waals surface area contributed by atoms with Gasteiger partial charge in [0, 0.05) is 24.5 Å². The van der Waals surface area contributed by atoms with Crippen molar-refractivity contribution >= 4 is 23.2 Å². The predicted octanol–water partition coefficient (Wildman–Crippen LogP) is 6.71. The van der Waals surface area contributed by atoms with E-state index in [9.17, 15) is 9.59 Å². The maximum atomic E-state index is 13.5. The van der Waals surface area contributed by atoms with Gasteiger partial charge in [0.15, 0.2) is 0 Å². The number of aryl methyl sites for hydroxylation is 4. The van der Waals surface area contributed by atoms with E-state index < -0.39 is 0 Å². The molecule has 2 aromatic carbocycles. The van der Waals surface area contributed by atoms with Crippen LogP contribution in [0.4, 0.5) is 11.4 Å². The number of anilines is 2. The molecule has 0 saturated heterocycles. The van der Waals surface area contributed by atoms with Crippen molar-refractivity contribution in [1.29, 1.82) is 0 Å².